The Labute approximate surface area is 261 Å². The maximum absolute atomic E-state index is 5.96. The normalized spacial score (nSPS) is 11.1. The summed E-state index contributed by atoms with van der Waals surface area (Å²) in [6.45, 7) is 0. The molecule has 3 heterocycles. The number of fused-ring (bicyclic) bond motifs is 2. The molecule has 7 aromatic rings. The van der Waals surface area contributed by atoms with Crippen molar-refractivity contribution in [3.8, 4) is 45.7 Å². The average Bonchev–Trinajstić information content (AvgIpc) is 3.63. The van der Waals surface area contributed by atoms with Crippen LogP contribution in [0.4, 0.5) is 0 Å². The van der Waals surface area contributed by atoms with Gasteiger partial charge in [-0.2, -0.15) is 0 Å². The molecule has 4 aromatic carbocycles. The molecule has 5 nitrogen and oxygen atoms in total. The second kappa shape index (κ2) is 10.8. The fourth-order valence-corrected chi connectivity index (χ4v) is 6.60. The fourth-order valence-electron chi connectivity index (χ4n) is 4.68. The van der Waals surface area contributed by atoms with Gasteiger partial charge in [-0.05, 0) is 72.8 Å². The second-order valence-electron chi connectivity index (χ2n) is 8.78. The molecule has 0 amide bonds. The van der Waals surface area contributed by atoms with Crippen LogP contribution in [0.5, 0.6) is 0 Å². The van der Waals surface area contributed by atoms with Gasteiger partial charge in [0.2, 0.25) is 11.8 Å². The van der Waals surface area contributed by atoms with E-state index in [1.54, 1.807) is 12.5 Å². The Kier molecular flexibility index (Phi) is 7.27. The molecular weight excluding hydrogens is 759 g/mol. The Morgan fingerprint density at radius 1 is 0.513 bits per heavy atom. The third kappa shape index (κ3) is 4.79. The number of halogens is 2. The third-order valence-electron chi connectivity index (χ3n) is 6.47. The summed E-state index contributed by atoms with van der Waals surface area (Å²) in [6.07, 6.45) is 3.38. The fraction of sp³-hybridized carbons (Fsp3) is 0. The summed E-state index contributed by atoms with van der Waals surface area (Å²) in [7, 11) is 0. The molecule has 0 aliphatic rings. The zero-order chi connectivity index (χ0) is 25.6. The molecule has 0 saturated carbocycles. The van der Waals surface area contributed by atoms with Gasteiger partial charge in [-0.25, -0.2) is 15.0 Å². The number of rotatable bonds is 4. The van der Waals surface area contributed by atoms with Crippen LogP contribution < -0.4 is 0 Å². The minimum atomic E-state index is 0. The number of oxazole rings is 2. The van der Waals surface area contributed by atoms with Crippen molar-refractivity contribution in [1.82, 2.24) is 15.0 Å². The van der Waals surface area contributed by atoms with Crippen LogP contribution in [0.25, 0.3) is 67.2 Å². The van der Waals surface area contributed by atoms with Gasteiger partial charge in [0.05, 0.1) is 0 Å². The molecule has 0 saturated heterocycles. The van der Waals surface area contributed by atoms with Crippen LogP contribution in [0, 0.1) is 7.14 Å². The van der Waals surface area contributed by atoms with E-state index >= 15 is 0 Å². The first kappa shape index (κ1) is 26.2. The molecule has 39 heavy (non-hydrogen) atoms. The Hall–Kier alpha value is -3.06. The summed E-state index contributed by atoms with van der Waals surface area (Å²) in [5.41, 5.74) is 4.88. The van der Waals surface area contributed by atoms with Crippen molar-refractivity contribution >= 4 is 66.7 Å². The molecule has 3 aromatic heterocycles. The topological polar surface area (TPSA) is 65.0 Å². The summed E-state index contributed by atoms with van der Waals surface area (Å²) in [6, 6.07) is 30.9. The van der Waals surface area contributed by atoms with Crippen molar-refractivity contribution in [2.75, 3.05) is 0 Å². The zero-order valence-electron chi connectivity index (χ0n) is 20.1. The largest absolute Gasteiger partial charge is 0.443 e. The van der Waals surface area contributed by atoms with E-state index in [-0.39, 0.29) is 16.8 Å². The first-order valence-corrected chi connectivity index (χ1v) is 14.1. The van der Waals surface area contributed by atoms with E-state index in [4.69, 9.17) is 23.8 Å². The Balaban J connectivity index is 0.00000277. The van der Waals surface area contributed by atoms with Crippen LogP contribution >= 0.6 is 45.2 Å². The molecule has 191 valence electrons. The van der Waals surface area contributed by atoms with Crippen LogP contribution in [-0.2, 0) is 16.8 Å². The third-order valence-corrected chi connectivity index (χ3v) is 8.12. The molecule has 0 spiro atoms. The van der Waals surface area contributed by atoms with E-state index in [9.17, 15) is 0 Å². The molecule has 8 heteroatoms. The van der Waals surface area contributed by atoms with Crippen molar-refractivity contribution in [1.29, 1.82) is 0 Å². The number of hydrogen-bond donors (Lipinski definition) is 0. The molecule has 7 rings (SSSR count). The first-order chi connectivity index (χ1) is 18.7. The van der Waals surface area contributed by atoms with Gasteiger partial charge in [0, 0.05) is 35.0 Å². The van der Waals surface area contributed by atoms with E-state index in [1.165, 1.54) is 0 Å². The van der Waals surface area contributed by atoms with Crippen LogP contribution in [0.15, 0.2) is 112 Å². The van der Waals surface area contributed by atoms with Gasteiger partial charge < -0.3 is 8.83 Å². The zero-order valence-corrected chi connectivity index (χ0v) is 25.4. The summed E-state index contributed by atoms with van der Waals surface area (Å²) >= 11 is 4.54. The quantitative estimate of drug-likeness (QED) is 0.167. The van der Waals surface area contributed by atoms with Gasteiger partial charge in [-0.1, -0.05) is 84.9 Å². The molecule has 0 atom stereocenters. The van der Waals surface area contributed by atoms with Gasteiger partial charge in [-0.15, -0.1) is 0 Å². The number of nitrogens with zero attached hydrogens (tertiary/aromatic N) is 3. The number of pyridine rings is 1. The molecule has 0 bridgehead atoms. The second-order valence-corrected chi connectivity index (χ2v) is 11.1. The molecule has 0 unspecified atom stereocenters. The predicted molar refractivity (Wildman–Crippen MR) is 167 cm³/mol. The maximum Gasteiger partial charge on any atom is 0.246 e. The van der Waals surface area contributed by atoms with E-state index in [2.05, 4.69) is 93.7 Å². The molecule has 0 fully saturated rings. The minimum Gasteiger partial charge on any atom is -0.443 e. The van der Waals surface area contributed by atoms with Crippen LogP contribution in [-0.4, -0.2) is 15.0 Å². The number of hydrogen-bond acceptors (Lipinski definition) is 5. The molecule has 1 radical (unpaired) electrons. The van der Waals surface area contributed by atoms with Crippen molar-refractivity contribution in [2.45, 2.75) is 0 Å². The summed E-state index contributed by atoms with van der Waals surface area (Å²) < 4.78 is 13.8. The predicted octanol–water partition coefficient (Wildman–Crippen LogP) is 9.24. The number of benzene rings is 4. The van der Waals surface area contributed by atoms with Crippen molar-refractivity contribution in [3.05, 3.63) is 111 Å². The Morgan fingerprint density at radius 3 is 1.44 bits per heavy atom. The summed E-state index contributed by atoms with van der Waals surface area (Å²) in [4.78, 5) is 14.6. The van der Waals surface area contributed by atoms with Crippen molar-refractivity contribution in [3.63, 3.8) is 0 Å². The van der Waals surface area contributed by atoms with E-state index < -0.39 is 0 Å². The van der Waals surface area contributed by atoms with Gasteiger partial charge in [0.1, 0.15) is 35.3 Å². The van der Waals surface area contributed by atoms with Gasteiger partial charge in [0.15, 0.2) is 0 Å². The molecular formula is C31H17CoI2N3O2. The van der Waals surface area contributed by atoms with Crippen molar-refractivity contribution in [2.24, 2.45) is 0 Å². The average molecular weight is 776 g/mol. The van der Waals surface area contributed by atoms with Crippen LogP contribution in [0.3, 0.4) is 0 Å². The maximum atomic E-state index is 5.96. The molecule has 0 aliphatic heterocycles. The Bertz CT molecular complexity index is 1830. The van der Waals surface area contributed by atoms with E-state index in [0.29, 0.717) is 23.2 Å². The van der Waals surface area contributed by atoms with Crippen LogP contribution in [0.1, 0.15) is 0 Å². The number of aromatic nitrogens is 3. The monoisotopic (exact) mass is 776 g/mol. The van der Waals surface area contributed by atoms with E-state index in [0.717, 1.165) is 51.2 Å². The SMILES string of the molecule is Ic1cc(I)c(-c2nc(-c3cccc4ccccc34)co2)nc1-c1nc(-c2cccc3ccccc23)co1.[Co]. The van der Waals surface area contributed by atoms with Gasteiger partial charge >= 0.3 is 0 Å². The van der Waals surface area contributed by atoms with Gasteiger partial charge in [0.25, 0.3) is 0 Å². The standard InChI is InChI=1S/C31H17I2N3O2.Co/c32-24-15-25(33)29(31-35-27(17-38-31)23-14-6-10-19-8-2-4-12-21(19)23)36-28(24)30-34-26(16-37-30)22-13-5-9-18-7-1-3-11-20(18)22;/h1-17H;. The van der Waals surface area contributed by atoms with Gasteiger partial charge in [-0.3, -0.25) is 0 Å². The smallest absolute Gasteiger partial charge is 0.246 e. The molecule has 0 N–H and O–H groups in total. The Morgan fingerprint density at radius 2 is 0.949 bits per heavy atom. The first-order valence-electron chi connectivity index (χ1n) is 11.9. The van der Waals surface area contributed by atoms with E-state index in [1.807, 2.05) is 42.5 Å². The summed E-state index contributed by atoms with van der Waals surface area (Å²) in [5.74, 6) is 0.909. The van der Waals surface area contributed by atoms with Crippen molar-refractivity contribution < 1.29 is 25.6 Å². The molecule has 0 aliphatic carbocycles. The summed E-state index contributed by atoms with van der Waals surface area (Å²) in [5, 5.41) is 4.57. The van der Waals surface area contributed by atoms with Crippen LogP contribution in [0.2, 0.25) is 0 Å². The minimum absolute atomic E-state index is 0.